The minimum absolute atomic E-state index is 0.0991. The number of carbonyl (C=O) groups is 1. The molecule has 0 spiro atoms. The second-order valence-corrected chi connectivity index (χ2v) is 5.29. The summed E-state index contributed by atoms with van der Waals surface area (Å²) in [6, 6.07) is 6.58. The molecule has 0 unspecified atom stereocenters. The summed E-state index contributed by atoms with van der Waals surface area (Å²) in [5.41, 5.74) is 4.05. The van der Waals surface area contributed by atoms with E-state index in [2.05, 4.69) is 25.1 Å². The van der Waals surface area contributed by atoms with Gasteiger partial charge in [0.05, 0.1) is 0 Å². The van der Waals surface area contributed by atoms with Crippen molar-refractivity contribution in [3.63, 3.8) is 0 Å². The Balaban J connectivity index is 2.23. The van der Waals surface area contributed by atoms with Crippen LogP contribution in [-0.2, 0) is 17.8 Å². The van der Waals surface area contributed by atoms with Gasteiger partial charge in [-0.05, 0) is 30.9 Å². The van der Waals surface area contributed by atoms with E-state index in [1.165, 1.54) is 16.7 Å². The minimum atomic E-state index is 0.0991. The van der Waals surface area contributed by atoms with Crippen molar-refractivity contribution in [2.24, 2.45) is 5.92 Å². The molecule has 1 aliphatic rings. The SMILES string of the molecule is Cc1ccc2c(c1)CCCN(C(=O)C(C)C)C2. The van der Waals surface area contributed by atoms with Gasteiger partial charge in [0.25, 0.3) is 0 Å². The molecule has 1 aliphatic heterocycles. The Labute approximate surface area is 104 Å². The highest BCUT2D eigenvalue weighted by molar-refractivity contribution is 5.78. The van der Waals surface area contributed by atoms with Gasteiger partial charge in [0, 0.05) is 19.0 Å². The smallest absolute Gasteiger partial charge is 0.225 e. The van der Waals surface area contributed by atoms with Crippen LogP contribution in [0.2, 0.25) is 0 Å². The summed E-state index contributed by atoms with van der Waals surface area (Å²) in [5.74, 6) is 0.375. The molecule has 1 heterocycles. The number of hydrogen-bond donors (Lipinski definition) is 0. The number of fused-ring (bicyclic) bond motifs is 1. The van der Waals surface area contributed by atoms with E-state index in [-0.39, 0.29) is 11.8 Å². The Morgan fingerprint density at radius 1 is 1.29 bits per heavy atom. The van der Waals surface area contributed by atoms with Crippen molar-refractivity contribution in [2.45, 2.75) is 40.2 Å². The number of carbonyl (C=O) groups excluding carboxylic acids is 1. The van der Waals surface area contributed by atoms with Crippen molar-refractivity contribution in [2.75, 3.05) is 6.54 Å². The van der Waals surface area contributed by atoms with Crippen LogP contribution in [0.15, 0.2) is 18.2 Å². The summed E-state index contributed by atoms with van der Waals surface area (Å²) in [7, 11) is 0. The monoisotopic (exact) mass is 231 g/mol. The van der Waals surface area contributed by atoms with E-state index < -0.39 is 0 Å². The molecule has 1 amide bonds. The van der Waals surface area contributed by atoms with E-state index in [1.807, 2.05) is 18.7 Å². The molecule has 0 bridgehead atoms. The summed E-state index contributed by atoms with van der Waals surface area (Å²) < 4.78 is 0. The Morgan fingerprint density at radius 2 is 2.06 bits per heavy atom. The van der Waals surface area contributed by atoms with Crippen LogP contribution in [0, 0.1) is 12.8 Å². The highest BCUT2D eigenvalue weighted by Crippen LogP contribution is 2.21. The fourth-order valence-corrected chi connectivity index (χ4v) is 2.44. The molecule has 2 rings (SSSR count). The van der Waals surface area contributed by atoms with Gasteiger partial charge in [-0.15, -0.1) is 0 Å². The van der Waals surface area contributed by atoms with Crippen molar-refractivity contribution in [1.82, 2.24) is 4.90 Å². The number of nitrogens with zero attached hydrogens (tertiary/aromatic N) is 1. The zero-order chi connectivity index (χ0) is 12.4. The van der Waals surface area contributed by atoms with E-state index >= 15 is 0 Å². The van der Waals surface area contributed by atoms with Gasteiger partial charge in [-0.1, -0.05) is 37.6 Å². The molecular weight excluding hydrogens is 210 g/mol. The van der Waals surface area contributed by atoms with E-state index in [0.717, 1.165) is 25.9 Å². The molecule has 2 heteroatoms. The quantitative estimate of drug-likeness (QED) is 0.727. The largest absolute Gasteiger partial charge is 0.338 e. The lowest BCUT2D eigenvalue weighted by atomic mass is 10.0. The summed E-state index contributed by atoms with van der Waals surface area (Å²) >= 11 is 0. The van der Waals surface area contributed by atoms with Crippen LogP contribution in [0.3, 0.4) is 0 Å². The molecule has 0 aromatic heterocycles. The molecule has 0 N–H and O–H groups in total. The van der Waals surface area contributed by atoms with Crippen LogP contribution >= 0.6 is 0 Å². The number of rotatable bonds is 1. The number of amides is 1. The Morgan fingerprint density at radius 3 is 2.76 bits per heavy atom. The summed E-state index contributed by atoms with van der Waals surface area (Å²) in [5, 5.41) is 0. The Kier molecular flexibility index (Phi) is 3.51. The topological polar surface area (TPSA) is 20.3 Å². The first-order valence-corrected chi connectivity index (χ1v) is 6.45. The van der Waals surface area contributed by atoms with Gasteiger partial charge < -0.3 is 4.90 Å². The van der Waals surface area contributed by atoms with Gasteiger partial charge in [-0.25, -0.2) is 0 Å². The van der Waals surface area contributed by atoms with E-state index in [9.17, 15) is 4.79 Å². The molecule has 0 aliphatic carbocycles. The minimum Gasteiger partial charge on any atom is -0.338 e. The van der Waals surface area contributed by atoms with Crippen LogP contribution in [0.25, 0.3) is 0 Å². The molecule has 0 saturated carbocycles. The van der Waals surface area contributed by atoms with Crippen molar-refractivity contribution >= 4 is 5.91 Å². The van der Waals surface area contributed by atoms with Gasteiger partial charge in [0.15, 0.2) is 0 Å². The molecular formula is C15H21NO. The number of hydrogen-bond acceptors (Lipinski definition) is 1. The molecule has 0 atom stereocenters. The lowest BCUT2D eigenvalue weighted by molar-refractivity contribution is -0.135. The molecule has 1 aromatic rings. The summed E-state index contributed by atoms with van der Waals surface area (Å²) in [4.78, 5) is 14.1. The average Bonchev–Trinajstić information content (AvgIpc) is 2.49. The maximum absolute atomic E-state index is 12.1. The standard InChI is InChI=1S/C15H21NO/c1-11(2)15(17)16-8-4-5-13-9-12(3)6-7-14(13)10-16/h6-7,9,11H,4-5,8,10H2,1-3H3. The van der Waals surface area contributed by atoms with Crippen LogP contribution in [-0.4, -0.2) is 17.4 Å². The predicted octanol–water partition coefficient (Wildman–Crippen LogP) is 2.93. The highest BCUT2D eigenvalue weighted by atomic mass is 16.2. The zero-order valence-electron chi connectivity index (χ0n) is 11.0. The Bertz CT molecular complexity index is 423. The molecule has 92 valence electrons. The first-order chi connectivity index (χ1) is 8.08. The molecule has 0 saturated heterocycles. The van der Waals surface area contributed by atoms with Crippen molar-refractivity contribution in [3.05, 3.63) is 34.9 Å². The highest BCUT2D eigenvalue weighted by Gasteiger charge is 2.20. The van der Waals surface area contributed by atoms with Crippen LogP contribution in [0.1, 0.15) is 37.0 Å². The lowest BCUT2D eigenvalue weighted by Gasteiger charge is -2.23. The third-order valence-corrected chi connectivity index (χ3v) is 3.40. The van der Waals surface area contributed by atoms with Crippen molar-refractivity contribution in [3.8, 4) is 0 Å². The molecule has 1 aromatic carbocycles. The van der Waals surface area contributed by atoms with Gasteiger partial charge in [-0.3, -0.25) is 4.79 Å². The summed E-state index contributed by atoms with van der Waals surface area (Å²) in [6.45, 7) is 7.76. The first kappa shape index (κ1) is 12.2. The van der Waals surface area contributed by atoms with Crippen LogP contribution in [0.5, 0.6) is 0 Å². The van der Waals surface area contributed by atoms with Gasteiger partial charge in [0.2, 0.25) is 5.91 Å². The molecule has 0 fully saturated rings. The van der Waals surface area contributed by atoms with Crippen LogP contribution < -0.4 is 0 Å². The fourth-order valence-electron chi connectivity index (χ4n) is 2.44. The lowest BCUT2D eigenvalue weighted by Crippen LogP contribution is -2.33. The molecule has 0 radical (unpaired) electrons. The summed E-state index contributed by atoms with van der Waals surface area (Å²) in [6.07, 6.45) is 2.17. The Hall–Kier alpha value is -1.31. The number of benzene rings is 1. The first-order valence-electron chi connectivity index (χ1n) is 6.45. The van der Waals surface area contributed by atoms with Gasteiger partial charge in [0.1, 0.15) is 0 Å². The van der Waals surface area contributed by atoms with E-state index in [4.69, 9.17) is 0 Å². The molecule has 17 heavy (non-hydrogen) atoms. The zero-order valence-corrected chi connectivity index (χ0v) is 11.0. The predicted molar refractivity (Wildman–Crippen MR) is 69.8 cm³/mol. The number of aryl methyl sites for hydroxylation is 2. The van der Waals surface area contributed by atoms with Gasteiger partial charge in [-0.2, -0.15) is 0 Å². The van der Waals surface area contributed by atoms with E-state index in [1.54, 1.807) is 0 Å². The third kappa shape index (κ3) is 2.68. The average molecular weight is 231 g/mol. The van der Waals surface area contributed by atoms with Crippen molar-refractivity contribution in [1.29, 1.82) is 0 Å². The normalized spacial score (nSPS) is 15.6. The fraction of sp³-hybridized carbons (Fsp3) is 0.533. The van der Waals surface area contributed by atoms with E-state index in [0.29, 0.717) is 0 Å². The second kappa shape index (κ2) is 4.91. The van der Waals surface area contributed by atoms with Crippen molar-refractivity contribution < 1.29 is 4.79 Å². The maximum Gasteiger partial charge on any atom is 0.225 e. The van der Waals surface area contributed by atoms with Crippen LogP contribution in [0.4, 0.5) is 0 Å². The second-order valence-electron chi connectivity index (χ2n) is 5.29. The maximum atomic E-state index is 12.1. The van der Waals surface area contributed by atoms with Gasteiger partial charge >= 0.3 is 0 Å². The third-order valence-electron chi connectivity index (χ3n) is 3.40. The molecule has 2 nitrogen and oxygen atoms in total.